The quantitative estimate of drug-likeness (QED) is 0.657. The number of carbonyl (C=O) groups is 2. The van der Waals surface area contributed by atoms with Crippen molar-refractivity contribution in [3.8, 4) is 0 Å². The number of nitro benzene ring substituents is 1. The van der Waals surface area contributed by atoms with Crippen molar-refractivity contribution in [2.45, 2.75) is 25.3 Å². The molecule has 0 saturated heterocycles. The summed E-state index contributed by atoms with van der Waals surface area (Å²) in [4.78, 5) is 37.7. The molecule has 2 aromatic carbocycles. The lowest BCUT2D eigenvalue weighted by Crippen LogP contribution is -2.43. The highest BCUT2D eigenvalue weighted by Crippen LogP contribution is 2.42. The number of benzene rings is 2. The van der Waals surface area contributed by atoms with Crippen LogP contribution in [-0.4, -0.2) is 34.4 Å². The van der Waals surface area contributed by atoms with E-state index in [1.165, 1.54) is 17.9 Å². The number of rotatable bonds is 5. The summed E-state index contributed by atoms with van der Waals surface area (Å²) in [7, 11) is 0. The van der Waals surface area contributed by atoms with Crippen LogP contribution < -0.4 is 4.90 Å². The molecule has 26 heavy (non-hydrogen) atoms. The van der Waals surface area contributed by atoms with Crippen molar-refractivity contribution >= 4 is 23.1 Å². The fraction of sp³-hybridized carbons (Fsp3) is 0.263. The van der Waals surface area contributed by atoms with E-state index < -0.39 is 16.9 Å². The van der Waals surface area contributed by atoms with Gasteiger partial charge in [0.15, 0.2) is 5.78 Å². The molecule has 1 N–H and O–H groups in total. The van der Waals surface area contributed by atoms with Crippen molar-refractivity contribution in [1.29, 1.82) is 0 Å². The molecule has 1 aliphatic heterocycles. The molecular formula is C19H18N2O5. The van der Waals surface area contributed by atoms with Crippen LogP contribution in [0.4, 0.5) is 11.4 Å². The topological polar surface area (TPSA) is 101 Å². The number of hydrogen-bond donors (Lipinski definition) is 1. The standard InChI is InChI=1S/C19H18N2O5/c1-12(23)20-16-8-4-3-7-15(16)19(24)18(20)14(10-11-22)13-6-2-5-9-17(13)21(25)26/h2-9,14,18,22H,10-11H2,1H3/t14-,18+/m0/s1. The predicted molar refractivity (Wildman–Crippen MR) is 95.3 cm³/mol. The fourth-order valence-electron chi connectivity index (χ4n) is 3.64. The number of nitrogens with zero attached hydrogens (tertiary/aromatic N) is 2. The van der Waals surface area contributed by atoms with Gasteiger partial charge in [-0.2, -0.15) is 0 Å². The van der Waals surface area contributed by atoms with Gasteiger partial charge in [-0.1, -0.05) is 30.3 Å². The second kappa shape index (κ2) is 7.05. The molecule has 134 valence electrons. The van der Waals surface area contributed by atoms with Gasteiger partial charge in [0.05, 0.1) is 10.6 Å². The Bertz CT molecular complexity index is 880. The Kier molecular flexibility index (Phi) is 4.81. The first kappa shape index (κ1) is 17.8. The van der Waals surface area contributed by atoms with Gasteiger partial charge >= 0.3 is 0 Å². The molecule has 0 aliphatic carbocycles. The number of nitro groups is 1. The smallest absolute Gasteiger partial charge is 0.272 e. The highest BCUT2D eigenvalue weighted by molar-refractivity contribution is 6.17. The minimum Gasteiger partial charge on any atom is -0.396 e. The molecule has 0 radical (unpaired) electrons. The van der Waals surface area contributed by atoms with Gasteiger partial charge in [0.1, 0.15) is 6.04 Å². The number of fused-ring (bicyclic) bond motifs is 1. The molecule has 0 aromatic heterocycles. The molecule has 1 aliphatic rings. The average Bonchev–Trinajstić information content (AvgIpc) is 2.93. The predicted octanol–water partition coefficient (Wildman–Crippen LogP) is 2.68. The molecule has 0 bridgehead atoms. The zero-order valence-corrected chi connectivity index (χ0v) is 14.2. The number of aliphatic hydroxyl groups excluding tert-OH is 1. The van der Waals surface area contributed by atoms with E-state index in [9.17, 15) is 24.8 Å². The molecule has 0 unspecified atom stereocenters. The van der Waals surface area contributed by atoms with Crippen LogP contribution >= 0.6 is 0 Å². The van der Waals surface area contributed by atoms with Gasteiger partial charge in [-0.25, -0.2) is 0 Å². The summed E-state index contributed by atoms with van der Waals surface area (Å²) in [6.45, 7) is 1.10. The molecule has 7 heteroatoms. The maximum absolute atomic E-state index is 13.0. The Hall–Kier alpha value is -3.06. The first-order chi connectivity index (χ1) is 12.5. The van der Waals surface area contributed by atoms with Crippen molar-refractivity contribution in [2.75, 3.05) is 11.5 Å². The maximum Gasteiger partial charge on any atom is 0.272 e. The first-order valence-electron chi connectivity index (χ1n) is 8.24. The lowest BCUT2D eigenvalue weighted by molar-refractivity contribution is -0.385. The number of carbonyl (C=O) groups excluding carboxylic acids is 2. The molecule has 2 atom stereocenters. The lowest BCUT2D eigenvalue weighted by Gasteiger charge is -2.30. The molecule has 0 spiro atoms. The number of Topliss-reactive ketones (excluding diaryl/α,β-unsaturated/α-hetero) is 1. The summed E-state index contributed by atoms with van der Waals surface area (Å²) in [6.07, 6.45) is 0.124. The Balaban J connectivity index is 2.16. The SMILES string of the molecule is CC(=O)N1c2ccccc2C(=O)[C@H]1[C@@H](CCO)c1ccccc1[N+](=O)[O-]. The zero-order valence-electron chi connectivity index (χ0n) is 14.2. The van der Waals surface area contributed by atoms with E-state index in [0.717, 1.165) is 0 Å². The summed E-state index contributed by atoms with van der Waals surface area (Å²) < 4.78 is 0. The summed E-state index contributed by atoms with van der Waals surface area (Å²) in [5.74, 6) is -1.28. The van der Waals surface area contributed by atoms with Crippen LogP contribution in [0.1, 0.15) is 35.2 Å². The highest BCUT2D eigenvalue weighted by atomic mass is 16.6. The normalized spacial score (nSPS) is 17.1. The lowest BCUT2D eigenvalue weighted by atomic mass is 9.85. The molecule has 0 fully saturated rings. The van der Waals surface area contributed by atoms with E-state index in [1.54, 1.807) is 42.5 Å². The Morgan fingerprint density at radius 2 is 1.88 bits per heavy atom. The second-order valence-electron chi connectivity index (χ2n) is 6.15. The van der Waals surface area contributed by atoms with E-state index in [4.69, 9.17) is 0 Å². The van der Waals surface area contributed by atoms with Crippen LogP contribution in [0.15, 0.2) is 48.5 Å². The van der Waals surface area contributed by atoms with Gasteiger partial charge < -0.3 is 10.0 Å². The van der Waals surface area contributed by atoms with E-state index in [1.807, 2.05) is 0 Å². The minimum absolute atomic E-state index is 0.124. The van der Waals surface area contributed by atoms with Crippen molar-refractivity contribution in [2.24, 2.45) is 0 Å². The maximum atomic E-state index is 13.0. The molecular weight excluding hydrogens is 336 g/mol. The largest absolute Gasteiger partial charge is 0.396 e. The fourth-order valence-corrected chi connectivity index (χ4v) is 3.64. The summed E-state index contributed by atoms with van der Waals surface area (Å²) >= 11 is 0. The highest BCUT2D eigenvalue weighted by Gasteiger charge is 2.45. The number of aliphatic hydroxyl groups is 1. The Labute approximate surface area is 150 Å². The number of ketones is 1. The molecule has 1 amide bonds. The van der Waals surface area contributed by atoms with Crippen molar-refractivity contribution in [1.82, 2.24) is 0 Å². The Morgan fingerprint density at radius 3 is 2.54 bits per heavy atom. The van der Waals surface area contributed by atoms with Crippen molar-refractivity contribution < 1.29 is 19.6 Å². The van der Waals surface area contributed by atoms with Crippen LogP contribution in [0.2, 0.25) is 0 Å². The van der Waals surface area contributed by atoms with E-state index in [0.29, 0.717) is 16.8 Å². The summed E-state index contributed by atoms with van der Waals surface area (Å²) in [5.41, 5.74) is 1.12. The Morgan fingerprint density at radius 1 is 1.23 bits per heavy atom. The number of amides is 1. The van der Waals surface area contributed by atoms with E-state index >= 15 is 0 Å². The van der Waals surface area contributed by atoms with E-state index in [2.05, 4.69) is 0 Å². The van der Waals surface area contributed by atoms with Crippen LogP contribution in [0.3, 0.4) is 0 Å². The third kappa shape index (κ3) is 2.86. The van der Waals surface area contributed by atoms with Crippen LogP contribution in [0, 0.1) is 10.1 Å². The van der Waals surface area contributed by atoms with E-state index in [-0.39, 0.29) is 30.4 Å². The van der Waals surface area contributed by atoms with Gasteiger partial charge in [-0.3, -0.25) is 19.7 Å². The molecule has 1 heterocycles. The van der Waals surface area contributed by atoms with Crippen molar-refractivity contribution in [3.63, 3.8) is 0 Å². The summed E-state index contributed by atoms with van der Waals surface area (Å²) in [5, 5.41) is 21.0. The van der Waals surface area contributed by atoms with Gasteiger partial charge in [0.2, 0.25) is 5.91 Å². The zero-order chi connectivity index (χ0) is 18.8. The molecule has 0 saturated carbocycles. The minimum atomic E-state index is -0.918. The van der Waals surface area contributed by atoms with Gasteiger partial charge in [-0.15, -0.1) is 0 Å². The van der Waals surface area contributed by atoms with Gasteiger partial charge in [0, 0.05) is 36.6 Å². The van der Waals surface area contributed by atoms with Gasteiger partial charge in [-0.05, 0) is 18.6 Å². The van der Waals surface area contributed by atoms with Crippen LogP contribution in [0.25, 0.3) is 0 Å². The number of para-hydroxylation sites is 2. The van der Waals surface area contributed by atoms with Gasteiger partial charge in [0.25, 0.3) is 5.69 Å². The first-order valence-corrected chi connectivity index (χ1v) is 8.24. The average molecular weight is 354 g/mol. The van der Waals surface area contributed by atoms with Crippen LogP contribution in [-0.2, 0) is 4.79 Å². The molecule has 7 nitrogen and oxygen atoms in total. The van der Waals surface area contributed by atoms with Crippen LogP contribution in [0.5, 0.6) is 0 Å². The summed E-state index contributed by atoms with van der Waals surface area (Å²) in [6, 6.07) is 12.0. The number of anilines is 1. The molecule has 3 rings (SSSR count). The number of hydrogen-bond acceptors (Lipinski definition) is 5. The monoisotopic (exact) mass is 354 g/mol. The second-order valence-corrected chi connectivity index (χ2v) is 6.15. The third-order valence-electron chi connectivity index (χ3n) is 4.67. The van der Waals surface area contributed by atoms with Crippen molar-refractivity contribution in [3.05, 3.63) is 69.8 Å². The third-order valence-corrected chi connectivity index (χ3v) is 4.67. The molecule has 2 aromatic rings.